The predicted molar refractivity (Wildman–Crippen MR) is 65.6 cm³/mol. The Morgan fingerprint density at radius 3 is 2.53 bits per heavy atom. The van der Waals surface area contributed by atoms with Gasteiger partial charge in [-0.05, 0) is 31.4 Å². The van der Waals surface area contributed by atoms with Crippen LogP contribution < -0.4 is 11.5 Å². The van der Waals surface area contributed by atoms with Gasteiger partial charge >= 0.3 is 0 Å². The number of hydrogen-bond acceptors (Lipinski definition) is 2. The van der Waals surface area contributed by atoms with Crippen molar-refractivity contribution in [1.29, 1.82) is 0 Å². The van der Waals surface area contributed by atoms with Gasteiger partial charge < -0.3 is 11.5 Å². The molecule has 0 aromatic heterocycles. The van der Waals surface area contributed by atoms with Crippen molar-refractivity contribution in [3.63, 3.8) is 0 Å². The summed E-state index contributed by atoms with van der Waals surface area (Å²) in [4.78, 5) is 0. The van der Waals surface area contributed by atoms with Crippen molar-refractivity contribution in [2.75, 3.05) is 6.54 Å². The molecule has 0 amide bonds. The molecular weight excluding hydrogens is 184 g/mol. The fourth-order valence-corrected chi connectivity index (χ4v) is 1.98. The van der Waals surface area contributed by atoms with Crippen molar-refractivity contribution in [3.8, 4) is 0 Å². The van der Waals surface area contributed by atoms with Gasteiger partial charge in [0.05, 0.1) is 0 Å². The Morgan fingerprint density at radius 1 is 1.40 bits per heavy atom. The normalized spacial score (nSPS) is 17.1. The number of nitrogens with two attached hydrogens (primary N) is 2. The average Bonchev–Trinajstić information content (AvgIpc) is 2.26. The molecule has 84 valence electrons. The second-order valence-electron chi connectivity index (χ2n) is 4.40. The van der Waals surface area contributed by atoms with Gasteiger partial charge in [-0.15, -0.1) is 0 Å². The van der Waals surface area contributed by atoms with Crippen LogP contribution in [0.25, 0.3) is 0 Å². The van der Waals surface area contributed by atoms with Gasteiger partial charge in [0.2, 0.25) is 0 Å². The van der Waals surface area contributed by atoms with E-state index in [2.05, 4.69) is 45.0 Å². The molecule has 0 radical (unpaired) electrons. The fraction of sp³-hybridized carbons (Fsp3) is 0.538. The smallest absolute Gasteiger partial charge is 0.0445 e. The van der Waals surface area contributed by atoms with Gasteiger partial charge in [-0.1, -0.05) is 43.7 Å². The number of rotatable bonds is 4. The van der Waals surface area contributed by atoms with Crippen molar-refractivity contribution in [2.45, 2.75) is 32.7 Å². The summed E-state index contributed by atoms with van der Waals surface area (Å²) in [6, 6.07) is 8.41. The van der Waals surface area contributed by atoms with Gasteiger partial charge in [0.25, 0.3) is 0 Å². The van der Waals surface area contributed by atoms with Crippen LogP contribution in [-0.4, -0.2) is 6.54 Å². The summed E-state index contributed by atoms with van der Waals surface area (Å²) in [7, 11) is 0. The molecule has 0 aliphatic carbocycles. The first kappa shape index (κ1) is 12.2. The van der Waals surface area contributed by atoms with E-state index < -0.39 is 0 Å². The van der Waals surface area contributed by atoms with Gasteiger partial charge in [0.15, 0.2) is 0 Å². The third-order valence-corrected chi connectivity index (χ3v) is 3.37. The van der Waals surface area contributed by atoms with E-state index in [4.69, 9.17) is 11.5 Å². The molecule has 2 unspecified atom stereocenters. The molecule has 15 heavy (non-hydrogen) atoms. The highest BCUT2D eigenvalue weighted by atomic mass is 14.8. The molecule has 1 rings (SSSR count). The van der Waals surface area contributed by atoms with Crippen molar-refractivity contribution in [2.24, 2.45) is 17.4 Å². The molecule has 0 fully saturated rings. The highest BCUT2D eigenvalue weighted by molar-refractivity contribution is 5.29. The van der Waals surface area contributed by atoms with E-state index in [1.807, 2.05) is 0 Å². The highest BCUT2D eigenvalue weighted by Gasteiger charge is 2.30. The molecule has 2 heteroatoms. The summed E-state index contributed by atoms with van der Waals surface area (Å²) in [5.41, 5.74) is 14.3. The monoisotopic (exact) mass is 206 g/mol. The Balaban J connectivity index is 3.10. The van der Waals surface area contributed by atoms with Crippen LogP contribution in [0.2, 0.25) is 0 Å². The van der Waals surface area contributed by atoms with Gasteiger partial charge in [-0.3, -0.25) is 0 Å². The van der Waals surface area contributed by atoms with E-state index in [0.717, 1.165) is 6.42 Å². The number of hydrogen-bond donors (Lipinski definition) is 2. The lowest BCUT2D eigenvalue weighted by Crippen LogP contribution is -2.45. The summed E-state index contributed by atoms with van der Waals surface area (Å²) in [6.07, 6.45) is 0.912. The quantitative estimate of drug-likeness (QED) is 0.793. The summed E-state index contributed by atoms with van der Waals surface area (Å²) in [5, 5.41) is 0. The molecule has 0 spiro atoms. The number of benzene rings is 1. The molecule has 0 saturated heterocycles. The lowest BCUT2D eigenvalue weighted by molar-refractivity contribution is 0.291. The van der Waals surface area contributed by atoms with Gasteiger partial charge in [0, 0.05) is 5.54 Å². The molecule has 1 aromatic carbocycles. The average molecular weight is 206 g/mol. The van der Waals surface area contributed by atoms with E-state index in [1.165, 1.54) is 11.1 Å². The maximum atomic E-state index is 6.46. The maximum Gasteiger partial charge on any atom is 0.0445 e. The second-order valence-corrected chi connectivity index (χ2v) is 4.40. The lowest BCUT2D eigenvalue weighted by Gasteiger charge is -2.35. The van der Waals surface area contributed by atoms with Gasteiger partial charge in [0.1, 0.15) is 0 Å². The Morgan fingerprint density at radius 2 is 2.07 bits per heavy atom. The minimum atomic E-state index is -0.291. The first-order chi connectivity index (χ1) is 7.04. The first-order valence-corrected chi connectivity index (χ1v) is 5.60. The van der Waals surface area contributed by atoms with E-state index in [-0.39, 0.29) is 5.54 Å². The standard InChI is InChI=1S/C13H22N2/c1-4-13(15,11(3)9-14)12-7-5-6-10(2)8-12/h5-8,11H,4,9,14-15H2,1-3H3. The molecule has 0 aliphatic rings. The zero-order chi connectivity index (χ0) is 11.5. The Kier molecular flexibility index (Phi) is 3.89. The minimum Gasteiger partial charge on any atom is -0.330 e. The third-order valence-electron chi connectivity index (χ3n) is 3.37. The van der Waals surface area contributed by atoms with Crippen LogP contribution in [0.1, 0.15) is 31.4 Å². The summed E-state index contributed by atoms with van der Waals surface area (Å²) in [6.45, 7) is 6.95. The maximum absolute atomic E-state index is 6.46. The Bertz CT molecular complexity index is 322. The van der Waals surface area contributed by atoms with Crippen LogP contribution in [0.4, 0.5) is 0 Å². The molecular formula is C13H22N2. The van der Waals surface area contributed by atoms with Crippen LogP contribution in [-0.2, 0) is 5.54 Å². The summed E-state index contributed by atoms with van der Waals surface area (Å²) in [5.74, 6) is 0.296. The molecule has 0 aliphatic heterocycles. The van der Waals surface area contributed by atoms with Crippen LogP contribution in [0.5, 0.6) is 0 Å². The summed E-state index contributed by atoms with van der Waals surface area (Å²) >= 11 is 0. The van der Waals surface area contributed by atoms with Crippen LogP contribution in [0, 0.1) is 12.8 Å². The molecule has 0 saturated carbocycles. The van der Waals surface area contributed by atoms with E-state index in [0.29, 0.717) is 12.5 Å². The zero-order valence-corrected chi connectivity index (χ0v) is 9.96. The van der Waals surface area contributed by atoms with Crippen molar-refractivity contribution < 1.29 is 0 Å². The minimum absolute atomic E-state index is 0.291. The third kappa shape index (κ3) is 2.39. The molecule has 2 nitrogen and oxygen atoms in total. The Hall–Kier alpha value is -0.860. The second kappa shape index (κ2) is 4.77. The largest absolute Gasteiger partial charge is 0.330 e. The van der Waals surface area contributed by atoms with Crippen molar-refractivity contribution in [3.05, 3.63) is 35.4 Å². The molecule has 4 N–H and O–H groups in total. The molecule has 1 aromatic rings. The van der Waals surface area contributed by atoms with E-state index in [1.54, 1.807) is 0 Å². The SMILES string of the molecule is CCC(N)(c1cccc(C)c1)C(C)CN. The lowest BCUT2D eigenvalue weighted by atomic mass is 9.77. The molecule has 0 bridgehead atoms. The topological polar surface area (TPSA) is 52.0 Å². The first-order valence-electron chi connectivity index (χ1n) is 5.60. The van der Waals surface area contributed by atoms with Crippen LogP contribution >= 0.6 is 0 Å². The van der Waals surface area contributed by atoms with E-state index in [9.17, 15) is 0 Å². The van der Waals surface area contributed by atoms with Gasteiger partial charge in [-0.25, -0.2) is 0 Å². The summed E-state index contributed by atoms with van der Waals surface area (Å²) < 4.78 is 0. The highest BCUT2D eigenvalue weighted by Crippen LogP contribution is 2.30. The molecule has 0 heterocycles. The fourth-order valence-electron chi connectivity index (χ4n) is 1.98. The number of aryl methyl sites for hydroxylation is 1. The van der Waals surface area contributed by atoms with E-state index >= 15 is 0 Å². The Labute approximate surface area is 92.7 Å². The van der Waals surface area contributed by atoms with Crippen molar-refractivity contribution >= 4 is 0 Å². The van der Waals surface area contributed by atoms with Crippen LogP contribution in [0.3, 0.4) is 0 Å². The molecule has 2 atom stereocenters. The predicted octanol–water partition coefficient (Wildman–Crippen LogP) is 2.15. The van der Waals surface area contributed by atoms with Crippen molar-refractivity contribution in [1.82, 2.24) is 0 Å². The van der Waals surface area contributed by atoms with Gasteiger partial charge in [-0.2, -0.15) is 0 Å². The van der Waals surface area contributed by atoms with Crippen LogP contribution in [0.15, 0.2) is 24.3 Å². The zero-order valence-electron chi connectivity index (χ0n) is 9.96.